The summed E-state index contributed by atoms with van der Waals surface area (Å²) < 4.78 is 269. The van der Waals surface area contributed by atoms with E-state index in [-0.39, 0.29) is 5.19 Å². The minimum Gasteiger partial charge on any atom is -0.456 e. The molecule has 0 radical (unpaired) electrons. The first kappa shape index (κ1) is 17.0. The summed E-state index contributed by atoms with van der Waals surface area (Å²) in [6.07, 6.45) is 1.20. The third-order valence-corrected chi connectivity index (χ3v) is 15.7. The molecule has 286 valence electrons. The van der Waals surface area contributed by atoms with Gasteiger partial charge < -0.3 is 8.98 Å². The molecule has 0 spiro atoms. The van der Waals surface area contributed by atoms with Gasteiger partial charge in [-0.2, -0.15) is 0 Å². The molecule has 8 aromatic carbocycles. The largest absolute Gasteiger partial charge is 0.456 e. The second-order valence-corrected chi connectivity index (χ2v) is 19.4. The number of fused-ring (bicyclic) bond motifs is 7. The highest BCUT2D eigenvalue weighted by Gasteiger charge is 2.44. The maximum absolute atomic E-state index is 10.8. The topological polar surface area (TPSA) is 18.1 Å². The van der Waals surface area contributed by atoms with Crippen LogP contribution >= 0.6 is 0 Å². The van der Waals surface area contributed by atoms with Crippen molar-refractivity contribution in [2.45, 2.75) is 51.4 Å². The normalized spacial score (nSPS) is 21.6. The van der Waals surface area contributed by atoms with Crippen LogP contribution in [0.4, 0.5) is 0 Å². The highest BCUT2D eigenvalue weighted by Crippen LogP contribution is 2.45. The molecule has 0 unspecified atom stereocenters. The van der Waals surface area contributed by atoms with Gasteiger partial charge in [-0.3, -0.25) is 0 Å². The molecule has 2 heterocycles. The van der Waals surface area contributed by atoms with Crippen molar-refractivity contribution in [1.29, 1.82) is 0 Å². The quantitative estimate of drug-likeness (QED) is 0.121. The molecule has 0 saturated heterocycles. The van der Waals surface area contributed by atoms with E-state index in [9.17, 15) is 26.0 Å². The standard InChI is InChI=1S/C56H47NOSi/c1-55(2)32-33-56(3,4)50-37-44(28-30-49(50)55)59(41-17-7-5-8-18-41,42-19-9-6-10-20-42)43-21-15-16-40(36-43)57-51-24-13-11-22-45(51)46-29-26-39(35-52(46)57)38-27-31-54-48(34-38)47-23-12-14-25-53(47)58-54/h5-31,34-37H,32-33H2,1-4H3/i5D,6D,7D,8D,9D,10D,11D,12D,13D,14D,15D,16D,17D,18D,19D,20D,21D,22D,23D,24D,25D,26D,27D,29D,31D,34D,35D,36D. The Morgan fingerprint density at radius 2 is 1.07 bits per heavy atom. The number of rotatable bonds is 6. The number of benzene rings is 8. The zero-order valence-electron chi connectivity index (χ0n) is 60.0. The van der Waals surface area contributed by atoms with E-state index in [1.54, 1.807) is 12.1 Å². The fourth-order valence-electron chi connectivity index (χ4n) is 8.43. The lowest BCUT2D eigenvalue weighted by Crippen LogP contribution is -2.75. The molecule has 10 aromatic rings. The number of para-hydroxylation sites is 2. The van der Waals surface area contributed by atoms with Gasteiger partial charge >= 0.3 is 0 Å². The van der Waals surface area contributed by atoms with Crippen molar-refractivity contribution in [1.82, 2.24) is 4.57 Å². The van der Waals surface area contributed by atoms with Crippen molar-refractivity contribution in [2.75, 3.05) is 0 Å². The smallest absolute Gasteiger partial charge is 0.179 e. The molecule has 0 atom stereocenters. The summed E-state index contributed by atoms with van der Waals surface area (Å²) >= 11 is 0. The van der Waals surface area contributed by atoms with Crippen molar-refractivity contribution in [3.8, 4) is 16.8 Å². The summed E-state index contributed by atoms with van der Waals surface area (Å²) in [7, 11) is -5.85. The number of nitrogens with zero attached hydrogens (tertiary/aromatic N) is 1. The average Bonchev–Trinajstić information content (AvgIpc) is 1.65. The third-order valence-electron chi connectivity index (χ3n) is 11.5. The van der Waals surface area contributed by atoms with E-state index >= 15 is 0 Å². The van der Waals surface area contributed by atoms with E-state index in [2.05, 4.69) is 0 Å². The number of hydrogen-bond donors (Lipinski definition) is 0. The van der Waals surface area contributed by atoms with Crippen LogP contribution in [0.1, 0.15) is 90.0 Å². The van der Waals surface area contributed by atoms with Gasteiger partial charge in [-0.05, 0) is 109 Å². The number of furan rings is 1. The minimum atomic E-state index is -5.85. The Morgan fingerprint density at radius 1 is 0.475 bits per heavy atom. The van der Waals surface area contributed by atoms with Crippen LogP contribution in [0.2, 0.25) is 0 Å². The zero-order chi connectivity index (χ0) is 64.3. The van der Waals surface area contributed by atoms with Crippen LogP contribution in [0, 0.1) is 0 Å². The van der Waals surface area contributed by atoms with E-state index in [0.29, 0.717) is 18.4 Å². The van der Waals surface area contributed by atoms with E-state index < -0.39 is 264 Å². The van der Waals surface area contributed by atoms with Gasteiger partial charge in [0.2, 0.25) is 0 Å². The Bertz CT molecular complexity index is 4740. The van der Waals surface area contributed by atoms with Gasteiger partial charge in [0, 0.05) is 27.2 Å². The van der Waals surface area contributed by atoms with Crippen LogP contribution in [0.5, 0.6) is 0 Å². The summed E-state index contributed by atoms with van der Waals surface area (Å²) in [5.41, 5.74) is -5.05. The summed E-state index contributed by atoms with van der Waals surface area (Å²) in [6.45, 7) is 7.79. The summed E-state index contributed by atoms with van der Waals surface area (Å²) in [5.74, 6) is 0. The van der Waals surface area contributed by atoms with E-state index in [4.69, 9.17) is 16.8 Å². The molecule has 0 amide bonds. The third kappa shape index (κ3) is 5.52. The molecule has 0 fully saturated rings. The van der Waals surface area contributed by atoms with Gasteiger partial charge in [0.25, 0.3) is 0 Å². The molecule has 1 aliphatic rings. The molecule has 0 N–H and O–H groups in total. The van der Waals surface area contributed by atoms with Gasteiger partial charge in [0.05, 0.1) is 49.4 Å². The van der Waals surface area contributed by atoms with Crippen LogP contribution in [0.3, 0.4) is 0 Å². The second-order valence-electron chi connectivity index (χ2n) is 15.8. The molecule has 0 bridgehead atoms. The van der Waals surface area contributed by atoms with E-state index in [1.807, 2.05) is 27.7 Å². The molecule has 2 aromatic heterocycles. The molecular formula is C56H47NOSi. The van der Waals surface area contributed by atoms with Crippen LogP contribution < -0.4 is 20.7 Å². The van der Waals surface area contributed by atoms with Crippen LogP contribution in [-0.4, -0.2) is 12.6 Å². The first-order valence-corrected chi connectivity index (χ1v) is 20.8. The van der Waals surface area contributed by atoms with Crippen LogP contribution in [-0.2, 0) is 10.8 Å². The molecule has 3 heteroatoms. The number of aromatic nitrogens is 1. The lowest BCUT2D eigenvalue weighted by Gasteiger charge is -2.43. The minimum absolute atomic E-state index is 0.127. The maximum Gasteiger partial charge on any atom is 0.179 e. The zero-order valence-corrected chi connectivity index (χ0v) is 33.0. The summed E-state index contributed by atoms with van der Waals surface area (Å²) in [5, 5.41) is -4.60. The van der Waals surface area contributed by atoms with Crippen molar-refractivity contribution in [3.63, 3.8) is 0 Å². The van der Waals surface area contributed by atoms with Crippen molar-refractivity contribution >= 4 is 72.6 Å². The molecule has 11 rings (SSSR count). The summed E-state index contributed by atoms with van der Waals surface area (Å²) in [6, 6.07) is -21.8. The predicted octanol–water partition coefficient (Wildman–Crippen LogP) is 12.1. The average molecular weight is 806 g/mol. The van der Waals surface area contributed by atoms with Gasteiger partial charge in [-0.15, -0.1) is 0 Å². The first-order chi connectivity index (χ1) is 40.4. The Hall–Kier alpha value is -6.42. The fraction of sp³-hybridized carbons (Fsp3) is 0.143. The monoisotopic (exact) mass is 806 g/mol. The highest BCUT2D eigenvalue weighted by molar-refractivity contribution is 7.19. The maximum atomic E-state index is 10.8. The Balaban J connectivity index is 1.44. The van der Waals surface area contributed by atoms with Crippen LogP contribution in [0.15, 0.2) is 192 Å². The van der Waals surface area contributed by atoms with Crippen LogP contribution in [0.25, 0.3) is 60.6 Å². The van der Waals surface area contributed by atoms with E-state index in [1.165, 1.54) is 6.07 Å². The lowest BCUT2D eigenvalue weighted by atomic mass is 9.63. The first-order valence-electron chi connectivity index (χ1n) is 32.8. The molecule has 0 aliphatic heterocycles. The Kier molecular flexibility index (Phi) is 3.84. The highest BCUT2D eigenvalue weighted by atomic mass is 28.3. The van der Waals surface area contributed by atoms with E-state index in [0.717, 1.165) is 10.1 Å². The lowest BCUT2D eigenvalue weighted by molar-refractivity contribution is 0.332. The van der Waals surface area contributed by atoms with Gasteiger partial charge in [-0.1, -0.05) is 173 Å². The van der Waals surface area contributed by atoms with Gasteiger partial charge in [-0.25, -0.2) is 0 Å². The summed E-state index contributed by atoms with van der Waals surface area (Å²) in [4.78, 5) is 0. The Morgan fingerprint density at radius 3 is 1.83 bits per heavy atom. The SMILES string of the molecule is [2H]c1c([2H])c([2H])c([Si](c2ccc3c(c2)C(C)(C)CCC3(C)C)(c2c([2H])c([2H])c([2H])c([2H])c2[2H])c2c([2H])c([2H])c([2H])c(-n3c4c([2H])c([2H])c([2H])c([2H])c4c4c([2H])c([2H])c(-c5c([2H])c([2H])c6oc7c([2H])c([2H])c([2H])c([2H])c7c6c5[2H])c([2H])c43)c2[2H])c([2H])c1[2H]. The van der Waals surface area contributed by atoms with Gasteiger partial charge in [0.15, 0.2) is 8.07 Å². The molecule has 1 aliphatic carbocycles. The van der Waals surface area contributed by atoms with Crippen molar-refractivity contribution in [3.05, 3.63) is 199 Å². The molecule has 59 heavy (non-hydrogen) atoms. The molecular weight excluding hydrogens is 731 g/mol. The number of hydrogen-bond acceptors (Lipinski definition) is 1. The molecule has 2 nitrogen and oxygen atoms in total. The van der Waals surface area contributed by atoms with Crippen molar-refractivity contribution < 1.29 is 42.8 Å². The second kappa shape index (κ2) is 13.3. The molecule has 0 saturated carbocycles. The van der Waals surface area contributed by atoms with Gasteiger partial charge in [0.1, 0.15) is 11.2 Å². The predicted molar refractivity (Wildman–Crippen MR) is 252 cm³/mol. The van der Waals surface area contributed by atoms with Crippen molar-refractivity contribution in [2.24, 2.45) is 0 Å². The fourth-order valence-corrected chi connectivity index (χ4v) is 12.3. The Labute approximate surface area is 386 Å².